The lowest BCUT2D eigenvalue weighted by molar-refractivity contribution is 0.146. The molecule has 1 saturated carbocycles. The molecule has 3 heterocycles. The highest BCUT2D eigenvalue weighted by Crippen LogP contribution is 2.30. The van der Waals surface area contributed by atoms with Gasteiger partial charge in [0.15, 0.2) is 10.8 Å². The van der Waals surface area contributed by atoms with Gasteiger partial charge in [-0.2, -0.15) is 14.6 Å². The van der Waals surface area contributed by atoms with Gasteiger partial charge < -0.3 is 15.2 Å². The first kappa shape index (κ1) is 20.4. The van der Waals surface area contributed by atoms with Crippen LogP contribution in [0.25, 0.3) is 11.7 Å². The van der Waals surface area contributed by atoms with Gasteiger partial charge in [-0.15, -0.1) is 0 Å². The van der Waals surface area contributed by atoms with Crippen molar-refractivity contribution >= 4 is 23.5 Å². The van der Waals surface area contributed by atoms with Crippen LogP contribution in [-0.2, 0) is 0 Å². The fourth-order valence-corrected chi connectivity index (χ4v) is 4.06. The zero-order valence-corrected chi connectivity index (χ0v) is 17.8. The third kappa shape index (κ3) is 4.02. The second kappa shape index (κ2) is 8.22. The number of hydrogen-bond donors (Lipinski definition) is 5. The van der Waals surface area contributed by atoms with Gasteiger partial charge in [0.1, 0.15) is 11.9 Å². The van der Waals surface area contributed by atoms with E-state index in [4.69, 9.17) is 0 Å². The minimum absolute atomic E-state index is 0.214. The van der Waals surface area contributed by atoms with Gasteiger partial charge in [0.25, 0.3) is 5.62 Å². The van der Waals surface area contributed by atoms with Gasteiger partial charge in [-0.25, -0.2) is 14.8 Å². The number of fused-ring (bicyclic) bond motifs is 1. The van der Waals surface area contributed by atoms with Gasteiger partial charge in [-0.3, -0.25) is 10.3 Å². The van der Waals surface area contributed by atoms with Crippen molar-refractivity contribution in [3.8, 4) is 5.88 Å². The van der Waals surface area contributed by atoms with Crippen molar-refractivity contribution in [2.24, 2.45) is 4.99 Å². The van der Waals surface area contributed by atoms with Crippen LogP contribution in [0.1, 0.15) is 30.3 Å². The highest BCUT2D eigenvalue weighted by Gasteiger charge is 2.21. The van der Waals surface area contributed by atoms with Gasteiger partial charge in [-0.1, -0.05) is 18.2 Å². The summed E-state index contributed by atoms with van der Waals surface area (Å²) in [4.78, 5) is 31.0. The lowest BCUT2D eigenvalue weighted by atomic mass is 10.2. The zero-order valence-electron chi connectivity index (χ0n) is 17.0. The predicted molar refractivity (Wildman–Crippen MR) is 116 cm³/mol. The summed E-state index contributed by atoms with van der Waals surface area (Å²) in [7, 11) is 1.68. The second-order valence-electron chi connectivity index (χ2n) is 7.32. The van der Waals surface area contributed by atoms with Gasteiger partial charge in [0.05, 0.1) is 12.2 Å². The van der Waals surface area contributed by atoms with Crippen molar-refractivity contribution in [1.29, 1.82) is 0 Å². The Hall–Kier alpha value is -3.48. The third-order valence-corrected chi connectivity index (χ3v) is 5.88. The molecule has 12 heteroatoms. The number of nitrogens with one attached hydrogen (secondary N) is 3. The molecule has 1 unspecified atom stereocenters. The minimum atomic E-state index is -0.828. The highest BCUT2D eigenvalue weighted by molar-refractivity contribution is 7.99. The summed E-state index contributed by atoms with van der Waals surface area (Å²) in [6.45, 7) is 0. The average molecular weight is 453 g/mol. The number of rotatable bonds is 6. The molecule has 32 heavy (non-hydrogen) atoms. The molecule has 0 saturated heterocycles. The summed E-state index contributed by atoms with van der Waals surface area (Å²) < 4.78 is 1.55. The molecule has 164 valence electrons. The number of hydrogen-bond acceptors (Lipinski definition) is 9. The SMILES string of the molecule is CNC(O)c1ccccc1Sc1nc(=NC2CC2)n2ncc(=Cc3[nH]c(=O)[nH]c3O)c2n1. The van der Waals surface area contributed by atoms with Crippen LogP contribution in [0.3, 0.4) is 0 Å². The lowest BCUT2D eigenvalue weighted by Crippen LogP contribution is -2.23. The molecule has 1 aliphatic carbocycles. The molecule has 5 N–H and O–H groups in total. The number of imidazole rings is 1. The predicted octanol–water partition coefficient (Wildman–Crippen LogP) is -0.181. The Labute approximate surface area is 185 Å². The van der Waals surface area contributed by atoms with Gasteiger partial charge in [-0.05, 0) is 43.8 Å². The average Bonchev–Trinajstić information content (AvgIpc) is 3.42. The van der Waals surface area contributed by atoms with E-state index < -0.39 is 11.9 Å². The number of aromatic nitrogens is 6. The van der Waals surface area contributed by atoms with Gasteiger partial charge in [0, 0.05) is 15.7 Å². The summed E-state index contributed by atoms with van der Waals surface area (Å²) in [5, 5.41) is 28.4. The molecule has 11 nitrogen and oxygen atoms in total. The van der Waals surface area contributed by atoms with E-state index in [1.807, 2.05) is 24.3 Å². The summed E-state index contributed by atoms with van der Waals surface area (Å²) >= 11 is 1.31. The van der Waals surface area contributed by atoms with Crippen molar-refractivity contribution in [2.45, 2.75) is 35.2 Å². The van der Waals surface area contributed by atoms with E-state index in [1.165, 1.54) is 11.8 Å². The van der Waals surface area contributed by atoms with E-state index >= 15 is 0 Å². The Balaban J connectivity index is 1.66. The first-order valence-electron chi connectivity index (χ1n) is 9.96. The Kier molecular flexibility index (Phi) is 5.25. The van der Waals surface area contributed by atoms with Crippen LogP contribution >= 0.6 is 11.8 Å². The molecule has 0 radical (unpaired) electrons. The van der Waals surface area contributed by atoms with E-state index in [-0.39, 0.29) is 17.6 Å². The van der Waals surface area contributed by atoms with Crippen LogP contribution in [0.5, 0.6) is 5.88 Å². The monoisotopic (exact) mass is 452 g/mol. The molecule has 1 fully saturated rings. The number of aliphatic hydroxyl groups excluding tert-OH is 1. The van der Waals surface area contributed by atoms with E-state index in [9.17, 15) is 15.0 Å². The molecule has 1 aromatic carbocycles. The number of aromatic amines is 2. The van der Waals surface area contributed by atoms with E-state index in [0.717, 1.165) is 17.7 Å². The number of benzene rings is 1. The van der Waals surface area contributed by atoms with Crippen molar-refractivity contribution in [3.05, 3.63) is 63.0 Å². The highest BCUT2D eigenvalue weighted by atomic mass is 32.2. The van der Waals surface area contributed by atoms with Crippen molar-refractivity contribution in [1.82, 2.24) is 34.9 Å². The third-order valence-electron chi connectivity index (χ3n) is 4.93. The molecule has 0 amide bonds. The van der Waals surface area contributed by atoms with Crippen LogP contribution < -0.4 is 21.8 Å². The normalized spacial score (nSPS) is 16.2. The van der Waals surface area contributed by atoms with Crippen molar-refractivity contribution < 1.29 is 10.2 Å². The molecule has 1 aliphatic rings. The van der Waals surface area contributed by atoms with Crippen LogP contribution in [0.2, 0.25) is 0 Å². The van der Waals surface area contributed by atoms with Gasteiger partial charge in [0.2, 0.25) is 5.88 Å². The summed E-state index contributed by atoms with van der Waals surface area (Å²) in [6, 6.07) is 7.67. The van der Waals surface area contributed by atoms with Crippen LogP contribution in [-0.4, -0.2) is 52.9 Å². The number of aromatic hydroxyl groups is 1. The molecule has 0 aliphatic heterocycles. The molecule has 0 spiro atoms. The zero-order chi connectivity index (χ0) is 22.2. The van der Waals surface area contributed by atoms with Crippen molar-refractivity contribution in [2.75, 3.05) is 7.05 Å². The molecule has 4 aromatic rings. The number of H-pyrrole nitrogens is 2. The molecule has 0 bridgehead atoms. The summed E-state index contributed by atoms with van der Waals surface area (Å²) in [5.41, 5.74) is 1.33. The van der Waals surface area contributed by atoms with E-state index in [2.05, 4.69) is 35.3 Å². The van der Waals surface area contributed by atoms with E-state index in [1.54, 1.807) is 23.8 Å². The molecule has 1 atom stereocenters. The molecular weight excluding hydrogens is 432 g/mol. The largest absolute Gasteiger partial charge is 0.493 e. The second-order valence-corrected chi connectivity index (χ2v) is 8.33. The van der Waals surface area contributed by atoms with Gasteiger partial charge >= 0.3 is 5.69 Å². The fraction of sp³-hybridized carbons (Fsp3) is 0.250. The molecule has 5 rings (SSSR count). The minimum Gasteiger partial charge on any atom is -0.493 e. The van der Waals surface area contributed by atoms with Crippen molar-refractivity contribution in [3.63, 3.8) is 0 Å². The summed E-state index contributed by atoms with van der Waals surface area (Å²) in [5.74, 6) is -0.268. The first-order chi connectivity index (χ1) is 15.5. The molecular formula is C20H20N8O3S. The maximum absolute atomic E-state index is 11.5. The standard InChI is InChI=1S/C20H20N8O3S/c1-21-16(29)12-4-2-3-5-14(12)32-20-25-15-10(8-13-17(30)26-19(31)24-13)9-22-28(15)18(27-20)23-11-6-7-11/h2-5,8-9,11,16,21,29-30H,6-7H2,1H3,(H2,24,26,31). The summed E-state index contributed by atoms with van der Waals surface area (Å²) in [6.07, 6.45) is 4.34. The quantitative estimate of drug-likeness (QED) is 0.252. The smallest absolute Gasteiger partial charge is 0.326 e. The number of nitrogens with zero attached hydrogens (tertiary/aromatic N) is 5. The van der Waals surface area contributed by atoms with E-state index in [0.29, 0.717) is 27.2 Å². The maximum Gasteiger partial charge on any atom is 0.326 e. The molecule has 3 aromatic heterocycles. The van der Waals surface area contributed by atoms with Crippen LogP contribution in [0, 0.1) is 0 Å². The Morgan fingerprint density at radius 1 is 1.31 bits per heavy atom. The Bertz CT molecular complexity index is 1470. The maximum atomic E-state index is 11.5. The Morgan fingerprint density at radius 2 is 2.12 bits per heavy atom. The topological polar surface area (TPSA) is 157 Å². The number of aliphatic hydroxyl groups is 1. The Morgan fingerprint density at radius 3 is 2.84 bits per heavy atom. The lowest BCUT2D eigenvalue weighted by Gasteiger charge is -2.13. The first-order valence-corrected chi connectivity index (χ1v) is 10.8. The van der Waals surface area contributed by atoms with Crippen LogP contribution in [0.4, 0.5) is 0 Å². The fourth-order valence-electron chi connectivity index (χ4n) is 3.16. The van der Waals surface area contributed by atoms with Crippen LogP contribution in [0.15, 0.2) is 50.3 Å².